The molecule has 1 fully saturated rings. The SMILES string of the molecule is CN1CCN(S(=O)(=O)NCN)CC1. The van der Waals surface area contributed by atoms with Crippen molar-refractivity contribution in [1.82, 2.24) is 13.9 Å². The lowest BCUT2D eigenvalue weighted by Crippen LogP contribution is -2.51. The van der Waals surface area contributed by atoms with E-state index in [2.05, 4.69) is 9.62 Å². The van der Waals surface area contributed by atoms with Crippen LogP contribution in [-0.2, 0) is 10.2 Å². The van der Waals surface area contributed by atoms with Crippen LogP contribution in [0.25, 0.3) is 0 Å². The maximum absolute atomic E-state index is 11.4. The van der Waals surface area contributed by atoms with Crippen molar-refractivity contribution in [2.75, 3.05) is 39.9 Å². The molecule has 0 aromatic carbocycles. The molecule has 0 radical (unpaired) electrons. The van der Waals surface area contributed by atoms with Gasteiger partial charge in [-0.2, -0.15) is 17.4 Å². The maximum Gasteiger partial charge on any atom is 0.280 e. The third-order valence-electron chi connectivity index (χ3n) is 2.07. The average Bonchev–Trinajstić information content (AvgIpc) is 2.05. The Balaban J connectivity index is 2.53. The summed E-state index contributed by atoms with van der Waals surface area (Å²) in [5, 5.41) is 0. The first-order chi connectivity index (χ1) is 6.06. The molecule has 0 aliphatic carbocycles. The standard InChI is InChI=1S/C6H16N4O2S/c1-9-2-4-10(5-3-9)13(11,12)8-6-7/h8H,2-7H2,1H3. The molecular weight excluding hydrogens is 192 g/mol. The van der Waals surface area contributed by atoms with Crippen LogP contribution in [0.3, 0.4) is 0 Å². The van der Waals surface area contributed by atoms with E-state index in [0.717, 1.165) is 13.1 Å². The van der Waals surface area contributed by atoms with Crippen molar-refractivity contribution in [2.45, 2.75) is 0 Å². The summed E-state index contributed by atoms with van der Waals surface area (Å²) in [6.45, 7) is 2.56. The highest BCUT2D eigenvalue weighted by Gasteiger charge is 2.24. The van der Waals surface area contributed by atoms with Crippen LogP contribution in [-0.4, -0.2) is 57.5 Å². The van der Waals surface area contributed by atoms with Crippen molar-refractivity contribution >= 4 is 10.2 Å². The van der Waals surface area contributed by atoms with Gasteiger partial charge in [0, 0.05) is 26.2 Å². The monoisotopic (exact) mass is 208 g/mol. The fourth-order valence-electron chi connectivity index (χ4n) is 1.23. The summed E-state index contributed by atoms with van der Waals surface area (Å²) in [5.74, 6) is 0. The van der Waals surface area contributed by atoms with Crippen LogP contribution >= 0.6 is 0 Å². The molecule has 1 saturated heterocycles. The Labute approximate surface area is 78.9 Å². The Hall–Kier alpha value is -0.210. The molecule has 0 aromatic heterocycles. The number of nitrogens with two attached hydrogens (primary N) is 1. The second kappa shape index (κ2) is 4.34. The summed E-state index contributed by atoms with van der Waals surface area (Å²) in [5.41, 5.74) is 5.12. The highest BCUT2D eigenvalue weighted by molar-refractivity contribution is 7.87. The van der Waals surface area contributed by atoms with Gasteiger partial charge in [-0.15, -0.1) is 0 Å². The fraction of sp³-hybridized carbons (Fsp3) is 1.00. The summed E-state index contributed by atoms with van der Waals surface area (Å²) < 4.78 is 26.5. The summed E-state index contributed by atoms with van der Waals surface area (Å²) in [7, 11) is -1.35. The van der Waals surface area contributed by atoms with E-state index in [1.54, 1.807) is 0 Å². The van der Waals surface area contributed by atoms with Crippen LogP contribution in [0, 0.1) is 0 Å². The zero-order chi connectivity index (χ0) is 9.90. The van der Waals surface area contributed by atoms with Gasteiger partial charge in [-0.05, 0) is 7.05 Å². The van der Waals surface area contributed by atoms with Gasteiger partial charge in [0.15, 0.2) is 0 Å². The first-order valence-electron chi connectivity index (χ1n) is 4.19. The highest BCUT2D eigenvalue weighted by atomic mass is 32.2. The average molecular weight is 208 g/mol. The number of hydrogen-bond acceptors (Lipinski definition) is 4. The minimum Gasteiger partial charge on any atom is -0.318 e. The third kappa shape index (κ3) is 2.89. The number of rotatable bonds is 3. The summed E-state index contributed by atoms with van der Waals surface area (Å²) in [6, 6.07) is 0. The molecule has 1 rings (SSSR count). The Morgan fingerprint density at radius 1 is 1.31 bits per heavy atom. The topological polar surface area (TPSA) is 78.7 Å². The second-order valence-electron chi connectivity index (χ2n) is 3.06. The van der Waals surface area contributed by atoms with E-state index in [1.807, 2.05) is 7.05 Å². The van der Waals surface area contributed by atoms with Gasteiger partial charge in [0.05, 0.1) is 6.67 Å². The quantitative estimate of drug-likeness (QED) is 0.525. The van der Waals surface area contributed by atoms with Crippen molar-refractivity contribution < 1.29 is 8.42 Å². The van der Waals surface area contributed by atoms with E-state index >= 15 is 0 Å². The molecule has 7 heteroatoms. The number of piperazine rings is 1. The van der Waals surface area contributed by atoms with E-state index in [4.69, 9.17) is 5.73 Å². The lowest BCUT2D eigenvalue weighted by atomic mass is 10.4. The van der Waals surface area contributed by atoms with Crippen molar-refractivity contribution in [2.24, 2.45) is 5.73 Å². The fourth-order valence-corrected chi connectivity index (χ4v) is 2.26. The van der Waals surface area contributed by atoms with Crippen LogP contribution in [0.4, 0.5) is 0 Å². The van der Waals surface area contributed by atoms with Crippen molar-refractivity contribution in [3.8, 4) is 0 Å². The molecule has 0 aromatic rings. The predicted molar refractivity (Wildman–Crippen MR) is 50.2 cm³/mol. The van der Waals surface area contributed by atoms with Crippen LogP contribution in [0.5, 0.6) is 0 Å². The number of nitrogens with one attached hydrogen (secondary N) is 1. The van der Waals surface area contributed by atoms with Gasteiger partial charge in [-0.25, -0.2) is 0 Å². The number of likely N-dealkylation sites (N-methyl/N-ethyl adjacent to an activating group) is 1. The predicted octanol–water partition coefficient (Wildman–Crippen LogP) is -2.02. The Morgan fingerprint density at radius 2 is 1.85 bits per heavy atom. The van der Waals surface area contributed by atoms with Crippen molar-refractivity contribution in [1.29, 1.82) is 0 Å². The zero-order valence-electron chi connectivity index (χ0n) is 7.73. The Kier molecular flexibility index (Phi) is 3.63. The number of nitrogens with zero attached hydrogens (tertiary/aromatic N) is 2. The van der Waals surface area contributed by atoms with Crippen molar-refractivity contribution in [3.63, 3.8) is 0 Å². The van der Waals surface area contributed by atoms with Gasteiger partial charge in [0.25, 0.3) is 10.2 Å². The summed E-state index contributed by atoms with van der Waals surface area (Å²) in [6.07, 6.45) is 0. The molecule has 0 unspecified atom stereocenters. The second-order valence-corrected chi connectivity index (χ2v) is 4.81. The lowest BCUT2D eigenvalue weighted by Gasteiger charge is -2.31. The molecule has 13 heavy (non-hydrogen) atoms. The van der Waals surface area contributed by atoms with E-state index < -0.39 is 10.2 Å². The van der Waals surface area contributed by atoms with Gasteiger partial charge < -0.3 is 10.6 Å². The molecular formula is C6H16N4O2S. The molecule has 0 amide bonds. The van der Waals surface area contributed by atoms with Crippen LogP contribution in [0.1, 0.15) is 0 Å². The number of hydrogen-bond donors (Lipinski definition) is 2. The summed E-state index contributed by atoms with van der Waals surface area (Å²) >= 11 is 0. The van der Waals surface area contributed by atoms with Gasteiger partial charge in [0.2, 0.25) is 0 Å². The van der Waals surface area contributed by atoms with Crippen LogP contribution in [0.15, 0.2) is 0 Å². The molecule has 0 spiro atoms. The highest BCUT2D eigenvalue weighted by Crippen LogP contribution is 2.03. The third-order valence-corrected chi connectivity index (χ3v) is 3.64. The largest absolute Gasteiger partial charge is 0.318 e. The normalized spacial score (nSPS) is 22.0. The Bertz CT molecular complexity index is 245. The minimum absolute atomic E-state index is 0.0470. The molecule has 3 N–H and O–H groups in total. The minimum atomic E-state index is -3.33. The van der Waals surface area contributed by atoms with Crippen molar-refractivity contribution in [3.05, 3.63) is 0 Å². The van der Waals surface area contributed by atoms with Crippen LogP contribution in [0.2, 0.25) is 0 Å². The van der Waals surface area contributed by atoms with Gasteiger partial charge in [0.1, 0.15) is 0 Å². The van der Waals surface area contributed by atoms with E-state index in [9.17, 15) is 8.42 Å². The van der Waals surface area contributed by atoms with E-state index in [0.29, 0.717) is 13.1 Å². The van der Waals surface area contributed by atoms with Crippen LogP contribution < -0.4 is 10.5 Å². The zero-order valence-corrected chi connectivity index (χ0v) is 8.55. The maximum atomic E-state index is 11.4. The first-order valence-corrected chi connectivity index (χ1v) is 5.63. The van der Waals surface area contributed by atoms with Gasteiger partial charge >= 0.3 is 0 Å². The molecule has 78 valence electrons. The first kappa shape index (κ1) is 10.9. The summed E-state index contributed by atoms with van der Waals surface area (Å²) in [4.78, 5) is 2.09. The molecule has 1 heterocycles. The molecule has 1 aliphatic heterocycles. The molecule has 6 nitrogen and oxygen atoms in total. The smallest absolute Gasteiger partial charge is 0.280 e. The van der Waals surface area contributed by atoms with Gasteiger partial charge in [-0.3, -0.25) is 0 Å². The van der Waals surface area contributed by atoms with Gasteiger partial charge in [-0.1, -0.05) is 0 Å². The van der Waals surface area contributed by atoms with E-state index in [1.165, 1.54) is 4.31 Å². The van der Waals surface area contributed by atoms with E-state index in [-0.39, 0.29) is 6.67 Å². The lowest BCUT2D eigenvalue weighted by molar-refractivity contribution is 0.221. The molecule has 1 aliphatic rings. The molecule has 0 bridgehead atoms. The Morgan fingerprint density at radius 3 is 2.31 bits per heavy atom. The molecule has 0 saturated carbocycles. The molecule has 0 atom stereocenters.